The summed E-state index contributed by atoms with van der Waals surface area (Å²) in [7, 11) is -3.38. The third-order valence-electron chi connectivity index (χ3n) is 5.77. The van der Waals surface area contributed by atoms with Gasteiger partial charge in [-0.1, -0.05) is 17.8 Å². The molecule has 3 N–H and O–H groups in total. The van der Waals surface area contributed by atoms with Crippen LogP contribution in [0.2, 0.25) is 0 Å². The van der Waals surface area contributed by atoms with Crippen LogP contribution in [0, 0.1) is 6.92 Å². The zero-order chi connectivity index (χ0) is 23.1. The van der Waals surface area contributed by atoms with Gasteiger partial charge in [-0.15, -0.1) is 0 Å². The van der Waals surface area contributed by atoms with E-state index in [-0.39, 0.29) is 0 Å². The molecular formula is C22H30N6O2S2. The molecule has 3 aromatic rings. The van der Waals surface area contributed by atoms with Crippen LogP contribution in [0.1, 0.15) is 50.3 Å². The summed E-state index contributed by atoms with van der Waals surface area (Å²) in [4.78, 5) is 14.4. The molecule has 1 aliphatic carbocycles. The predicted octanol–water partition coefficient (Wildman–Crippen LogP) is 3.46. The van der Waals surface area contributed by atoms with Gasteiger partial charge in [-0.3, -0.25) is 0 Å². The van der Waals surface area contributed by atoms with Crippen molar-refractivity contribution in [3.63, 3.8) is 0 Å². The van der Waals surface area contributed by atoms with Crippen molar-refractivity contribution >= 4 is 38.8 Å². The number of imidazole rings is 1. The lowest BCUT2D eigenvalue weighted by molar-refractivity contribution is 0.534. The number of fused-ring (bicyclic) bond motifs is 2. The average molecular weight is 475 g/mol. The molecule has 0 bridgehead atoms. The fourth-order valence-corrected chi connectivity index (χ4v) is 5.70. The van der Waals surface area contributed by atoms with Gasteiger partial charge in [0.15, 0.2) is 22.1 Å². The van der Waals surface area contributed by atoms with Gasteiger partial charge in [0.2, 0.25) is 10.0 Å². The Balaban J connectivity index is 1.59. The molecule has 10 heteroatoms. The summed E-state index contributed by atoms with van der Waals surface area (Å²) in [5.74, 6) is 0.342. The smallest absolute Gasteiger partial charge is 0.216 e. The third-order valence-corrected chi connectivity index (χ3v) is 9.12. The van der Waals surface area contributed by atoms with E-state index in [1.165, 1.54) is 34.3 Å². The highest BCUT2D eigenvalue weighted by atomic mass is 32.2. The minimum Gasteiger partial charge on any atom is -0.382 e. The molecule has 32 heavy (non-hydrogen) atoms. The van der Waals surface area contributed by atoms with Crippen molar-refractivity contribution in [2.75, 3.05) is 12.3 Å². The first kappa shape index (κ1) is 23.0. The fourth-order valence-electron chi connectivity index (χ4n) is 3.81. The van der Waals surface area contributed by atoms with Gasteiger partial charge in [-0.25, -0.2) is 28.1 Å². The van der Waals surface area contributed by atoms with Crippen molar-refractivity contribution in [2.45, 2.75) is 74.7 Å². The van der Waals surface area contributed by atoms with E-state index in [4.69, 9.17) is 10.7 Å². The number of anilines is 1. The molecule has 0 atom stereocenters. The van der Waals surface area contributed by atoms with Crippen molar-refractivity contribution in [1.29, 1.82) is 0 Å². The summed E-state index contributed by atoms with van der Waals surface area (Å²) < 4.78 is 28.5. The number of aromatic nitrogens is 4. The number of benzene rings is 1. The topological polar surface area (TPSA) is 116 Å². The van der Waals surface area contributed by atoms with Crippen LogP contribution in [-0.2, 0) is 29.4 Å². The number of hydrogen-bond donors (Lipinski definition) is 2. The minimum atomic E-state index is -3.38. The first-order chi connectivity index (χ1) is 15.1. The Kier molecular flexibility index (Phi) is 6.21. The standard InChI is InChI=1S/C22H30N6O2S2/c1-14-11-15-7-5-8-16(15)12-17(14)31-21-27-18-19(23)24-13-25-20(18)28(21)10-6-9-26-32(29,30)22(2,3)4/h11-13,26H,5-10H2,1-4H3,(H2,23,24,25). The maximum Gasteiger partial charge on any atom is 0.216 e. The Morgan fingerprint density at radius 1 is 1.19 bits per heavy atom. The fraction of sp³-hybridized carbons (Fsp3) is 0.500. The monoisotopic (exact) mass is 474 g/mol. The van der Waals surface area contributed by atoms with Crippen LogP contribution in [0.4, 0.5) is 5.82 Å². The largest absolute Gasteiger partial charge is 0.382 e. The Hall–Kier alpha value is -2.17. The van der Waals surface area contributed by atoms with Crippen LogP contribution >= 0.6 is 11.8 Å². The highest BCUT2D eigenvalue weighted by molar-refractivity contribution is 7.99. The molecule has 172 valence electrons. The second-order valence-corrected chi connectivity index (χ2v) is 12.7. The molecule has 0 fully saturated rings. The number of rotatable bonds is 7. The van der Waals surface area contributed by atoms with Gasteiger partial charge in [0.1, 0.15) is 6.33 Å². The number of aryl methyl sites for hydroxylation is 4. The molecule has 0 unspecified atom stereocenters. The van der Waals surface area contributed by atoms with Crippen molar-refractivity contribution in [3.05, 3.63) is 35.2 Å². The molecule has 2 aromatic heterocycles. The maximum absolute atomic E-state index is 12.3. The third kappa shape index (κ3) is 4.49. The van der Waals surface area contributed by atoms with E-state index < -0.39 is 14.8 Å². The molecule has 1 aromatic carbocycles. The summed E-state index contributed by atoms with van der Waals surface area (Å²) in [5.41, 5.74) is 11.4. The molecule has 1 aliphatic rings. The number of nitrogens with two attached hydrogens (primary N) is 1. The summed E-state index contributed by atoms with van der Waals surface area (Å²) in [6.07, 6.45) is 5.51. The molecule has 8 nitrogen and oxygen atoms in total. The van der Waals surface area contributed by atoms with Crippen molar-refractivity contribution in [3.8, 4) is 0 Å². The van der Waals surface area contributed by atoms with Gasteiger partial charge in [0.05, 0.1) is 4.75 Å². The highest BCUT2D eigenvalue weighted by Gasteiger charge is 2.28. The van der Waals surface area contributed by atoms with E-state index in [1.54, 1.807) is 32.5 Å². The average Bonchev–Trinajstić information content (AvgIpc) is 3.29. The minimum absolute atomic E-state index is 0.335. The van der Waals surface area contributed by atoms with Crippen molar-refractivity contribution in [1.82, 2.24) is 24.2 Å². The van der Waals surface area contributed by atoms with Crippen LogP contribution in [0.15, 0.2) is 28.5 Å². The van der Waals surface area contributed by atoms with Crippen LogP contribution in [-0.4, -0.2) is 39.2 Å². The Labute approximate surface area is 193 Å². The van der Waals surface area contributed by atoms with E-state index in [0.29, 0.717) is 36.5 Å². The summed E-state index contributed by atoms with van der Waals surface area (Å²) in [6, 6.07) is 4.56. The lowest BCUT2D eigenvalue weighted by atomic mass is 10.1. The van der Waals surface area contributed by atoms with Crippen LogP contribution in [0.3, 0.4) is 0 Å². The zero-order valence-corrected chi connectivity index (χ0v) is 20.6. The Bertz CT molecular complexity index is 1260. The van der Waals surface area contributed by atoms with Gasteiger partial charge < -0.3 is 10.3 Å². The molecule has 0 radical (unpaired) electrons. The van der Waals surface area contributed by atoms with Crippen LogP contribution in [0.5, 0.6) is 0 Å². The van der Waals surface area contributed by atoms with E-state index in [2.05, 4.69) is 33.7 Å². The summed E-state index contributed by atoms with van der Waals surface area (Å²) in [6.45, 7) is 8.08. The second kappa shape index (κ2) is 8.64. The SMILES string of the molecule is Cc1cc2c(cc1Sc1nc3c(N)ncnc3n1CCCNS(=O)(=O)C(C)(C)C)CCC2. The Morgan fingerprint density at radius 2 is 1.91 bits per heavy atom. The van der Waals surface area contributed by atoms with E-state index in [1.807, 2.05) is 4.57 Å². The van der Waals surface area contributed by atoms with E-state index in [0.717, 1.165) is 18.0 Å². The second-order valence-electron chi connectivity index (χ2n) is 9.18. The van der Waals surface area contributed by atoms with Crippen LogP contribution < -0.4 is 10.5 Å². The molecule has 4 rings (SSSR count). The van der Waals surface area contributed by atoms with E-state index >= 15 is 0 Å². The van der Waals surface area contributed by atoms with Gasteiger partial charge in [0.25, 0.3) is 0 Å². The van der Waals surface area contributed by atoms with Crippen LogP contribution in [0.25, 0.3) is 11.2 Å². The molecular weight excluding hydrogens is 444 g/mol. The lowest BCUT2D eigenvalue weighted by Crippen LogP contribution is -2.39. The molecule has 0 saturated carbocycles. The molecule has 0 aliphatic heterocycles. The molecule has 0 spiro atoms. The molecule has 0 amide bonds. The van der Waals surface area contributed by atoms with Gasteiger partial charge in [0, 0.05) is 18.0 Å². The quantitative estimate of drug-likeness (QED) is 0.504. The number of nitrogen functional groups attached to an aromatic ring is 1. The predicted molar refractivity (Wildman–Crippen MR) is 128 cm³/mol. The van der Waals surface area contributed by atoms with E-state index in [9.17, 15) is 8.42 Å². The normalized spacial score (nSPS) is 14.2. The first-order valence-electron chi connectivity index (χ1n) is 10.8. The number of hydrogen-bond acceptors (Lipinski definition) is 7. The summed E-state index contributed by atoms with van der Waals surface area (Å²) in [5, 5.41) is 0.784. The lowest BCUT2D eigenvalue weighted by Gasteiger charge is -2.19. The number of nitrogens with zero attached hydrogens (tertiary/aromatic N) is 4. The highest BCUT2D eigenvalue weighted by Crippen LogP contribution is 2.36. The van der Waals surface area contributed by atoms with Crippen molar-refractivity contribution < 1.29 is 8.42 Å². The van der Waals surface area contributed by atoms with Gasteiger partial charge in [-0.2, -0.15) is 0 Å². The molecule has 2 heterocycles. The molecule has 0 saturated heterocycles. The first-order valence-corrected chi connectivity index (χ1v) is 13.1. The maximum atomic E-state index is 12.3. The number of sulfonamides is 1. The van der Waals surface area contributed by atoms with Crippen molar-refractivity contribution in [2.24, 2.45) is 0 Å². The zero-order valence-electron chi connectivity index (χ0n) is 19.0. The Morgan fingerprint density at radius 3 is 2.62 bits per heavy atom. The summed E-state index contributed by atoms with van der Waals surface area (Å²) >= 11 is 1.60. The number of nitrogens with one attached hydrogen (secondary N) is 1. The van der Waals surface area contributed by atoms with Gasteiger partial charge in [-0.05, 0) is 76.1 Å². The van der Waals surface area contributed by atoms with Gasteiger partial charge >= 0.3 is 0 Å².